The van der Waals surface area contributed by atoms with Crippen LogP contribution < -0.4 is 10.1 Å². The quantitative estimate of drug-likeness (QED) is 0.874. The first-order chi connectivity index (χ1) is 7.81. The molecule has 0 amide bonds. The highest BCUT2D eigenvalue weighted by Crippen LogP contribution is 2.21. The Morgan fingerprint density at radius 3 is 3.00 bits per heavy atom. The van der Waals surface area contributed by atoms with Crippen molar-refractivity contribution < 1.29 is 4.74 Å². The van der Waals surface area contributed by atoms with Crippen LogP contribution in [-0.4, -0.2) is 23.6 Å². The van der Waals surface area contributed by atoms with Crippen molar-refractivity contribution in [3.8, 4) is 11.4 Å². The van der Waals surface area contributed by atoms with Crippen LogP contribution in [0, 0.1) is 0 Å². The third-order valence-electron chi connectivity index (χ3n) is 2.04. The summed E-state index contributed by atoms with van der Waals surface area (Å²) < 4.78 is 8.16. The van der Waals surface area contributed by atoms with E-state index in [0.717, 1.165) is 15.9 Å². The van der Waals surface area contributed by atoms with Gasteiger partial charge in [0, 0.05) is 4.47 Å². The smallest absolute Gasteiger partial charge is 0.159 e. The van der Waals surface area contributed by atoms with Gasteiger partial charge in [-0.25, -0.2) is 4.68 Å². The molecule has 0 aliphatic rings. The van der Waals surface area contributed by atoms with Gasteiger partial charge >= 0.3 is 0 Å². The summed E-state index contributed by atoms with van der Waals surface area (Å²) in [7, 11) is 1.83. The Hall–Kier alpha value is -1.33. The van der Waals surface area contributed by atoms with E-state index in [2.05, 4.69) is 26.3 Å². The van der Waals surface area contributed by atoms with E-state index >= 15 is 0 Å². The summed E-state index contributed by atoms with van der Waals surface area (Å²) in [6, 6.07) is 7.90. The maximum absolute atomic E-state index is 5.39. The molecule has 0 fully saturated rings. The Labute approximate surface area is 102 Å². The van der Waals surface area contributed by atoms with E-state index in [1.54, 1.807) is 10.9 Å². The first-order valence-corrected chi connectivity index (χ1v) is 5.67. The first-order valence-electron chi connectivity index (χ1n) is 4.88. The fourth-order valence-corrected chi connectivity index (χ4v) is 1.77. The van der Waals surface area contributed by atoms with E-state index in [-0.39, 0.29) is 0 Å². The second-order valence-corrected chi connectivity index (χ2v) is 4.07. The molecule has 0 atom stereocenters. The number of para-hydroxylation sites is 1. The molecule has 0 bridgehead atoms. The maximum Gasteiger partial charge on any atom is 0.159 e. The van der Waals surface area contributed by atoms with Crippen LogP contribution in [0.4, 0.5) is 0 Å². The Morgan fingerprint density at radius 2 is 2.25 bits per heavy atom. The van der Waals surface area contributed by atoms with E-state index in [4.69, 9.17) is 4.74 Å². The van der Waals surface area contributed by atoms with Crippen LogP contribution in [0.5, 0.6) is 5.75 Å². The van der Waals surface area contributed by atoms with Gasteiger partial charge in [0.05, 0.1) is 18.1 Å². The van der Waals surface area contributed by atoms with Crippen LogP contribution in [0.25, 0.3) is 5.69 Å². The van der Waals surface area contributed by atoms with Crippen LogP contribution in [0.15, 0.2) is 41.1 Å². The van der Waals surface area contributed by atoms with Crippen LogP contribution >= 0.6 is 15.9 Å². The van der Waals surface area contributed by atoms with Crippen molar-refractivity contribution in [3.05, 3.63) is 41.1 Å². The molecule has 0 aliphatic carbocycles. The molecule has 84 valence electrons. The van der Waals surface area contributed by atoms with Crippen molar-refractivity contribution in [1.29, 1.82) is 0 Å². The van der Waals surface area contributed by atoms with Crippen LogP contribution in [-0.2, 0) is 0 Å². The lowest BCUT2D eigenvalue weighted by Crippen LogP contribution is -2.13. The number of nitrogens with zero attached hydrogens (tertiary/aromatic N) is 2. The van der Waals surface area contributed by atoms with Gasteiger partial charge in [-0.05, 0) is 35.1 Å². The van der Waals surface area contributed by atoms with Crippen molar-refractivity contribution in [2.45, 2.75) is 0 Å². The van der Waals surface area contributed by atoms with Crippen molar-refractivity contribution in [2.24, 2.45) is 0 Å². The molecule has 1 aromatic carbocycles. The average molecular weight is 282 g/mol. The topological polar surface area (TPSA) is 39.1 Å². The summed E-state index contributed by atoms with van der Waals surface area (Å²) in [5.74, 6) is 0.741. The Bertz CT molecular complexity index is 470. The molecule has 16 heavy (non-hydrogen) atoms. The standard InChI is InChI=1S/C11H12BrN3O/c1-13-8-16-9-6-14-15(7-9)11-5-3-2-4-10(11)12/h2-7,13H,8H2,1H3. The lowest BCUT2D eigenvalue weighted by Gasteiger charge is -2.03. The number of hydrogen-bond acceptors (Lipinski definition) is 3. The predicted octanol–water partition coefficient (Wildman–Crippen LogP) is 2.19. The van der Waals surface area contributed by atoms with Crippen LogP contribution in [0.2, 0.25) is 0 Å². The molecular weight excluding hydrogens is 270 g/mol. The average Bonchev–Trinajstić information content (AvgIpc) is 2.75. The summed E-state index contributed by atoms with van der Waals surface area (Å²) in [5, 5.41) is 7.14. The molecule has 0 unspecified atom stereocenters. The van der Waals surface area contributed by atoms with Gasteiger partial charge in [-0.2, -0.15) is 5.10 Å². The fraction of sp³-hybridized carbons (Fsp3) is 0.182. The summed E-state index contributed by atoms with van der Waals surface area (Å²) in [6.45, 7) is 0.474. The zero-order valence-corrected chi connectivity index (χ0v) is 10.4. The van der Waals surface area contributed by atoms with Gasteiger partial charge in [0.15, 0.2) is 5.75 Å². The van der Waals surface area contributed by atoms with Gasteiger partial charge in [-0.3, -0.25) is 5.32 Å². The Morgan fingerprint density at radius 1 is 1.44 bits per heavy atom. The molecule has 1 N–H and O–H groups in total. The highest BCUT2D eigenvalue weighted by atomic mass is 79.9. The molecule has 1 heterocycles. The minimum atomic E-state index is 0.474. The molecule has 2 aromatic rings. The largest absolute Gasteiger partial charge is 0.475 e. The minimum absolute atomic E-state index is 0.474. The number of nitrogens with one attached hydrogen (secondary N) is 1. The fourth-order valence-electron chi connectivity index (χ4n) is 1.31. The zero-order chi connectivity index (χ0) is 11.4. The maximum atomic E-state index is 5.39. The first kappa shape index (κ1) is 11.2. The Kier molecular flexibility index (Phi) is 3.58. The highest BCUT2D eigenvalue weighted by molar-refractivity contribution is 9.10. The summed E-state index contributed by atoms with van der Waals surface area (Å²) in [5.41, 5.74) is 0.988. The van der Waals surface area contributed by atoms with Crippen LogP contribution in [0.1, 0.15) is 0 Å². The van der Waals surface area contributed by atoms with Gasteiger partial charge in [0.25, 0.3) is 0 Å². The zero-order valence-electron chi connectivity index (χ0n) is 8.85. The molecule has 0 aliphatic heterocycles. The minimum Gasteiger partial charge on any atom is -0.475 e. The van der Waals surface area contributed by atoms with E-state index < -0.39 is 0 Å². The van der Waals surface area contributed by atoms with Crippen LogP contribution in [0.3, 0.4) is 0 Å². The third-order valence-corrected chi connectivity index (χ3v) is 2.71. The van der Waals surface area contributed by atoms with Gasteiger partial charge in [-0.1, -0.05) is 12.1 Å². The van der Waals surface area contributed by atoms with E-state index in [1.807, 2.05) is 37.5 Å². The molecule has 0 saturated heterocycles. The molecule has 0 radical (unpaired) electrons. The molecule has 5 heteroatoms. The number of rotatable bonds is 4. The van der Waals surface area contributed by atoms with E-state index in [0.29, 0.717) is 6.73 Å². The van der Waals surface area contributed by atoms with Gasteiger partial charge in [0.2, 0.25) is 0 Å². The third kappa shape index (κ3) is 2.43. The van der Waals surface area contributed by atoms with Gasteiger partial charge < -0.3 is 4.74 Å². The molecule has 0 spiro atoms. The number of benzene rings is 1. The molecule has 1 aromatic heterocycles. The number of hydrogen-bond donors (Lipinski definition) is 1. The highest BCUT2D eigenvalue weighted by Gasteiger charge is 2.04. The number of aromatic nitrogens is 2. The lowest BCUT2D eigenvalue weighted by molar-refractivity contribution is 0.296. The molecule has 4 nitrogen and oxygen atoms in total. The molecular formula is C11H12BrN3O. The van der Waals surface area contributed by atoms with Gasteiger partial charge in [0.1, 0.15) is 6.73 Å². The summed E-state index contributed by atoms with van der Waals surface area (Å²) in [4.78, 5) is 0. The van der Waals surface area contributed by atoms with Crippen molar-refractivity contribution >= 4 is 15.9 Å². The lowest BCUT2D eigenvalue weighted by atomic mass is 10.3. The summed E-state index contributed by atoms with van der Waals surface area (Å²) >= 11 is 3.48. The number of ether oxygens (including phenoxy) is 1. The second kappa shape index (κ2) is 5.14. The SMILES string of the molecule is CNCOc1cnn(-c2ccccc2Br)c1. The predicted molar refractivity (Wildman–Crippen MR) is 65.8 cm³/mol. The van der Waals surface area contributed by atoms with Crippen molar-refractivity contribution in [2.75, 3.05) is 13.8 Å². The number of halogens is 1. The van der Waals surface area contributed by atoms with Crippen molar-refractivity contribution in [1.82, 2.24) is 15.1 Å². The van der Waals surface area contributed by atoms with E-state index in [9.17, 15) is 0 Å². The van der Waals surface area contributed by atoms with Crippen molar-refractivity contribution in [3.63, 3.8) is 0 Å². The normalized spacial score (nSPS) is 10.4. The second-order valence-electron chi connectivity index (χ2n) is 3.21. The molecule has 0 saturated carbocycles. The Balaban J connectivity index is 2.22. The van der Waals surface area contributed by atoms with Gasteiger partial charge in [-0.15, -0.1) is 0 Å². The summed E-state index contributed by atoms with van der Waals surface area (Å²) in [6.07, 6.45) is 3.54. The molecule has 2 rings (SSSR count). The monoisotopic (exact) mass is 281 g/mol. The van der Waals surface area contributed by atoms with E-state index in [1.165, 1.54) is 0 Å².